The predicted molar refractivity (Wildman–Crippen MR) is 203 cm³/mol. The number of hydrogen-bond donors (Lipinski definition) is 0. The number of anilines is 3. The maximum atomic E-state index is 6.27. The molecular formula is C45H29N3O. The van der Waals surface area contributed by atoms with Gasteiger partial charge in [0, 0.05) is 61.4 Å². The van der Waals surface area contributed by atoms with Crippen LogP contribution in [0, 0.1) is 0 Å². The monoisotopic (exact) mass is 627 g/mol. The summed E-state index contributed by atoms with van der Waals surface area (Å²) in [6, 6.07) is 60.2. The fourth-order valence-electron chi connectivity index (χ4n) is 7.33. The number of nitrogens with zero attached hydrogens (tertiary/aromatic N) is 3. The van der Waals surface area contributed by atoms with Gasteiger partial charge in [0.25, 0.3) is 0 Å². The van der Waals surface area contributed by atoms with Crippen molar-refractivity contribution in [3.63, 3.8) is 0 Å². The van der Waals surface area contributed by atoms with Crippen LogP contribution in [0.1, 0.15) is 0 Å². The summed E-state index contributed by atoms with van der Waals surface area (Å²) in [4.78, 5) is 7.08. The zero-order valence-corrected chi connectivity index (χ0v) is 26.5. The van der Waals surface area contributed by atoms with Gasteiger partial charge in [-0.2, -0.15) is 0 Å². The largest absolute Gasteiger partial charge is 0.437 e. The van der Waals surface area contributed by atoms with E-state index >= 15 is 0 Å². The molecule has 0 saturated heterocycles. The Bertz CT molecular complexity index is 2820. The molecule has 3 heterocycles. The summed E-state index contributed by atoms with van der Waals surface area (Å²) in [6.07, 6.45) is 1.91. The topological polar surface area (TPSA) is 34.2 Å². The van der Waals surface area contributed by atoms with E-state index in [-0.39, 0.29) is 0 Å². The summed E-state index contributed by atoms with van der Waals surface area (Å²) in [6.45, 7) is 0. The van der Waals surface area contributed by atoms with Gasteiger partial charge in [-0.1, -0.05) is 103 Å². The van der Waals surface area contributed by atoms with Gasteiger partial charge in [-0.15, -0.1) is 0 Å². The summed E-state index contributed by atoms with van der Waals surface area (Å²) in [5.41, 5.74) is 10.5. The first-order valence-corrected chi connectivity index (χ1v) is 16.5. The maximum Gasteiger partial charge on any atom is 0.227 e. The minimum absolute atomic E-state index is 0.658. The standard InChI is InChI=1S/C45H29N3O/c1-3-12-33(13-4-1)47(36-24-26-39-38-17-9-10-18-42(38)48(43(39)28-36)34-14-5-2-6-15-34)35-22-19-30(20-23-35)32-27-41-40-25-21-31-11-7-8-16-37(31)44(40)49-45(41)46-29-32/h1-29H. The molecule has 0 spiro atoms. The first kappa shape index (κ1) is 27.5. The molecule has 0 atom stereocenters. The third-order valence-electron chi connectivity index (χ3n) is 9.62. The molecule has 4 nitrogen and oxygen atoms in total. The van der Waals surface area contributed by atoms with Crippen molar-refractivity contribution >= 4 is 71.7 Å². The first-order valence-electron chi connectivity index (χ1n) is 16.5. The van der Waals surface area contributed by atoms with E-state index in [2.05, 4.69) is 179 Å². The van der Waals surface area contributed by atoms with Crippen LogP contribution in [0.2, 0.25) is 0 Å². The summed E-state index contributed by atoms with van der Waals surface area (Å²) in [5.74, 6) is 0. The highest BCUT2D eigenvalue weighted by Crippen LogP contribution is 2.41. The van der Waals surface area contributed by atoms with Crippen LogP contribution in [0.25, 0.3) is 71.5 Å². The number of para-hydroxylation sites is 3. The van der Waals surface area contributed by atoms with E-state index in [1.807, 2.05) is 6.20 Å². The number of fused-ring (bicyclic) bond motifs is 8. The second-order valence-electron chi connectivity index (χ2n) is 12.4. The second kappa shape index (κ2) is 11.0. The first-order chi connectivity index (χ1) is 24.3. The summed E-state index contributed by atoms with van der Waals surface area (Å²) >= 11 is 0. The van der Waals surface area contributed by atoms with Gasteiger partial charge in [-0.3, -0.25) is 0 Å². The highest BCUT2D eigenvalue weighted by Gasteiger charge is 2.18. The van der Waals surface area contributed by atoms with Crippen molar-refractivity contribution in [2.24, 2.45) is 0 Å². The second-order valence-corrected chi connectivity index (χ2v) is 12.4. The van der Waals surface area contributed by atoms with Crippen molar-refractivity contribution in [1.82, 2.24) is 9.55 Å². The zero-order valence-electron chi connectivity index (χ0n) is 26.5. The van der Waals surface area contributed by atoms with Crippen LogP contribution in [0.5, 0.6) is 0 Å². The average Bonchev–Trinajstić information content (AvgIpc) is 3.71. The van der Waals surface area contributed by atoms with Gasteiger partial charge in [-0.05, 0) is 77.7 Å². The van der Waals surface area contributed by atoms with Crippen LogP contribution in [-0.2, 0) is 0 Å². The highest BCUT2D eigenvalue weighted by molar-refractivity contribution is 6.15. The number of aromatic nitrogens is 2. The zero-order chi connectivity index (χ0) is 32.3. The molecule has 0 fully saturated rings. The lowest BCUT2D eigenvalue weighted by atomic mass is 10.0. The molecule has 3 aromatic heterocycles. The number of benzene rings is 7. The van der Waals surface area contributed by atoms with Crippen LogP contribution in [0.4, 0.5) is 17.1 Å². The molecule has 0 aliphatic rings. The van der Waals surface area contributed by atoms with E-state index in [0.717, 1.165) is 61.0 Å². The van der Waals surface area contributed by atoms with Gasteiger partial charge in [0.1, 0.15) is 5.58 Å². The molecule has 0 N–H and O–H groups in total. The smallest absolute Gasteiger partial charge is 0.227 e. The number of rotatable bonds is 5. The number of furan rings is 1. The number of hydrogen-bond acceptors (Lipinski definition) is 3. The lowest BCUT2D eigenvalue weighted by Crippen LogP contribution is -2.10. The molecule has 0 radical (unpaired) electrons. The van der Waals surface area contributed by atoms with Gasteiger partial charge >= 0.3 is 0 Å². The van der Waals surface area contributed by atoms with E-state index in [4.69, 9.17) is 9.40 Å². The summed E-state index contributed by atoms with van der Waals surface area (Å²) in [5, 5.41) is 6.84. The third kappa shape index (κ3) is 4.42. The van der Waals surface area contributed by atoms with E-state index in [1.165, 1.54) is 21.8 Å². The molecule has 49 heavy (non-hydrogen) atoms. The van der Waals surface area contributed by atoms with Gasteiger partial charge in [0.05, 0.1) is 11.0 Å². The summed E-state index contributed by atoms with van der Waals surface area (Å²) in [7, 11) is 0. The van der Waals surface area contributed by atoms with Crippen LogP contribution >= 0.6 is 0 Å². The molecule has 7 aromatic carbocycles. The number of pyridine rings is 1. The van der Waals surface area contributed by atoms with Crippen molar-refractivity contribution in [3.8, 4) is 16.8 Å². The van der Waals surface area contributed by atoms with Crippen LogP contribution < -0.4 is 4.90 Å². The maximum absolute atomic E-state index is 6.27. The Labute approximate surface area is 282 Å². The van der Waals surface area contributed by atoms with E-state index in [0.29, 0.717) is 5.71 Å². The lowest BCUT2D eigenvalue weighted by Gasteiger charge is -2.26. The Morgan fingerprint density at radius 2 is 1.10 bits per heavy atom. The van der Waals surface area contributed by atoms with Crippen molar-refractivity contribution in [1.29, 1.82) is 0 Å². The fraction of sp³-hybridized carbons (Fsp3) is 0. The highest BCUT2D eigenvalue weighted by atomic mass is 16.3. The predicted octanol–water partition coefficient (Wildman–Crippen LogP) is 12.4. The van der Waals surface area contributed by atoms with Gasteiger partial charge in [0.15, 0.2) is 0 Å². The average molecular weight is 628 g/mol. The Kier molecular flexibility index (Phi) is 6.15. The lowest BCUT2D eigenvalue weighted by molar-refractivity contribution is 0.658. The molecule has 230 valence electrons. The Hall–Kier alpha value is -6.65. The Balaban J connectivity index is 1.09. The quantitative estimate of drug-likeness (QED) is 0.190. The molecule has 10 aromatic rings. The van der Waals surface area contributed by atoms with Gasteiger partial charge in [0.2, 0.25) is 5.71 Å². The van der Waals surface area contributed by atoms with E-state index < -0.39 is 0 Å². The van der Waals surface area contributed by atoms with Crippen molar-refractivity contribution in [2.75, 3.05) is 4.90 Å². The van der Waals surface area contributed by atoms with Crippen LogP contribution in [0.15, 0.2) is 180 Å². The molecule has 0 unspecified atom stereocenters. The Morgan fingerprint density at radius 3 is 1.94 bits per heavy atom. The van der Waals surface area contributed by atoms with E-state index in [1.54, 1.807) is 0 Å². The summed E-state index contributed by atoms with van der Waals surface area (Å²) < 4.78 is 8.64. The molecule has 10 rings (SSSR count). The Morgan fingerprint density at radius 1 is 0.449 bits per heavy atom. The minimum Gasteiger partial charge on any atom is -0.437 e. The molecule has 0 amide bonds. The molecule has 4 heteroatoms. The SMILES string of the molecule is c1ccc(N(c2ccc(-c3cnc4oc5c6ccccc6ccc5c4c3)cc2)c2ccc3c4ccccc4n(-c4ccccc4)c3c2)cc1. The van der Waals surface area contributed by atoms with Crippen molar-refractivity contribution in [3.05, 3.63) is 176 Å². The van der Waals surface area contributed by atoms with Gasteiger partial charge < -0.3 is 13.9 Å². The minimum atomic E-state index is 0.658. The van der Waals surface area contributed by atoms with Crippen LogP contribution in [-0.4, -0.2) is 9.55 Å². The molecule has 0 saturated carbocycles. The van der Waals surface area contributed by atoms with Crippen LogP contribution in [0.3, 0.4) is 0 Å². The normalized spacial score (nSPS) is 11.7. The molecule has 0 bridgehead atoms. The molecular weight excluding hydrogens is 599 g/mol. The van der Waals surface area contributed by atoms with Gasteiger partial charge in [-0.25, -0.2) is 4.98 Å². The fourth-order valence-corrected chi connectivity index (χ4v) is 7.33. The molecule has 0 aliphatic heterocycles. The van der Waals surface area contributed by atoms with Crippen molar-refractivity contribution < 1.29 is 4.42 Å². The third-order valence-corrected chi connectivity index (χ3v) is 9.62. The molecule has 0 aliphatic carbocycles. The van der Waals surface area contributed by atoms with Crippen molar-refractivity contribution in [2.45, 2.75) is 0 Å². The van der Waals surface area contributed by atoms with E-state index in [9.17, 15) is 0 Å².